The van der Waals surface area contributed by atoms with E-state index in [0.29, 0.717) is 5.02 Å². The Kier molecular flexibility index (Phi) is 4.46. The van der Waals surface area contributed by atoms with Crippen molar-refractivity contribution >= 4 is 35.0 Å². The van der Waals surface area contributed by atoms with Gasteiger partial charge in [0.2, 0.25) is 5.91 Å². The Hall–Kier alpha value is -2.31. The summed E-state index contributed by atoms with van der Waals surface area (Å²) in [6.45, 7) is 0. The van der Waals surface area contributed by atoms with Gasteiger partial charge in [0.15, 0.2) is 5.16 Å². The Labute approximate surface area is 160 Å². The van der Waals surface area contributed by atoms with Crippen LogP contribution in [0.25, 0.3) is 0 Å². The van der Waals surface area contributed by atoms with Gasteiger partial charge in [0.05, 0.1) is 5.41 Å². The van der Waals surface area contributed by atoms with Crippen LogP contribution in [0.4, 0.5) is 5.69 Å². The Balaban J connectivity index is 1.45. The summed E-state index contributed by atoms with van der Waals surface area (Å²) < 4.78 is 1.86. The Morgan fingerprint density at radius 3 is 2.42 bits per heavy atom. The van der Waals surface area contributed by atoms with Crippen LogP contribution in [0.15, 0.2) is 64.9 Å². The average molecular weight is 385 g/mol. The van der Waals surface area contributed by atoms with Gasteiger partial charge in [0, 0.05) is 22.7 Å². The number of anilines is 1. The molecule has 26 heavy (non-hydrogen) atoms. The molecule has 0 saturated heterocycles. The highest BCUT2D eigenvalue weighted by molar-refractivity contribution is 7.99. The second-order valence-corrected chi connectivity index (χ2v) is 7.87. The number of aryl methyl sites for hydroxylation is 1. The summed E-state index contributed by atoms with van der Waals surface area (Å²) in [5.74, 6) is 0.0357. The molecule has 1 amide bonds. The second kappa shape index (κ2) is 6.78. The SMILES string of the molecule is Cn1cnnc1Sc1ccc(NC(=O)C2(c3ccc(Cl)cc3)CC2)cc1. The highest BCUT2D eigenvalue weighted by Gasteiger charge is 2.51. The predicted molar refractivity (Wildman–Crippen MR) is 103 cm³/mol. The molecule has 0 aliphatic heterocycles. The van der Waals surface area contributed by atoms with Crippen LogP contribution < -0.4 is 5.32 Å². The predicted octanol–water partition coefficient (Wildman–Crippen LogP) is 4.29. The van der Waals surface area contributed by atoms with E-state index < -0.39 is 5.41 Å². The molecular formula is C19H17ClN4OS. The largest absolute Gasteiger partial charge is 0.325 e. The minimum atomic E-state index is -0.420. The number of carbonyl (C=O) groups is 1. The first-order chi connectivity index (χ1) is 12.6. The summed E-state index contributed by atoms with van der Waals surface area (Å²) in [5, 5.41) is 12.5. The van der Waals surface area contributed by atoms with Crippen LogP contribution in [0.3, 0.4) is 0 Å². The first kappa shape index (κ1) is 17.1. The standard InChI is InChI=1S/C19H17ClN4OS/c1-24-12-21-23-18(24)26-16-8-6-15(7-9-16)22-17(25)19(10-11-19)13-2-4-14(20)5-3-13/h2-9,12H,10-11H2,1H3,(H,22,25). The number of halogens is 1. The van der Waals surface area contributed by atoms with Crippen molar-refractivity contribution in [2.24, 2.45) is 7.05 Å². The van der Waals surface area contributed by atoms with Gasteiger partial charge in [-0.3, -0.25) is 4.79 Å². The molecular weight excluding hydrogens is 368 g/mol. The van der Waals surface area contributed by atoms with E-state index >= 15 is 0 Å². The van der Waals surface area contributed by atoms with Gasteiger partial charge in [0.1, 0.15) is 6.33 Å². The third kappa shape index (κ3) is 3.34. The van der Waals surface area contributed by atoms with Crippen molar-refractivity contribution in [3.05, 3.63) is 65.4 Å². The molecule has 1 saturated carbocycles. The molecule has 1 N–H and O–H groups in total. The molecule has 1 fully saturated rings. The third-order valence-corrected chi connectivity index (χ3v) is 5.88. The summed E-state index contributed by atoms with van der Waals surface area (Å²) in [4.78, 5) is 13.8. The van der Waals surface area contributed by atoms with Crippen molar-refractivity contribution in [1.82, 2.24) is 14.8 Å². The zero-order valence-corrected chi connectivity index (χ0v) is 15.7. The fraction of sp³-hybridized carbons (Fsp3) is 0.211. The van der Waals surface area contributed by atoms with Crippen molar-refractivity contribution < 1.29 is 4.79 Å². The molecule has 5 nitrogen and oxygen atoms in total. The lowest BCUT2D eigenvalue weighted by Crippen LogP contribution is -2.27. The maximum absolute atomic E-state index is 12.8. The summed E-state index contributed by atoms with van der Waals surface area (Å²) >= 11 is 7.48. The normalized spacial score (nSPS) is 14.8. The molecule has 4 rings (SSSR count). The van der Waals surface area contributed by atoms with E-state index in [1.165, 1.54) is 11.8 Å². The number of hydrogen-bond acceptors (Lipinski definition) is 4. The fourth-order valence-corrected chi connectivity index (χ4v) is 3.76. The maximum Gasteiger partial charge on any atom is 0.235 e. The van der Waals surface area contributed by atoms with Crippen LogP contribution in [0, 0.1) is 0 Å². The smallest absolute Gasteiger partial charge is 0.235 e. The molecule has 1 aromatic heterocycles. The van der Waals surface area contributed by atoms with Gasteiger partial charge in [-0.2, -0.15) is 0 Å². The topological polar surface area (TPSA) is 59.8 Å². The maximum atomic E-state index is 12.8. The van der Waals surface area contributed by atoms with Crippen molar-refractivity contribution in [3.8, 4) is 0 Å². The van der Waals surface area contributed by atoms with E-state index in [4.69, 9.17) is 11.6 Å². The van der Waals surface area contributed by atoms with Crippen LogP contribution in [-0.2, 0) is 17.3 Å². The molecule has 3 aromatic rings. The summed E-state index contributed by atoms with van der Waals surface area (Å²) in [6, 6.07) is 15.3. The highest BCUT2D eigenvalue weighted by atomic mass is 35.5. The lowest BCUT2D eigenvalue weighted by Gasteiger charge is -2.16. The molecule has 1 aliphatic rings. The molecule has 1 aliphatic carbocycles. The number of hydrogen-bond donors (Lipinski definition) is 1. The number of nitrogens with zero attached hydrogens (tertiary/aromatic N) is 3. The van der Waals surface area contributed by atoms with Crippen molar-refractivity contribution in [2.45, 2.75) is 28.3 Å². The monoisotopic (exact) mass is 384 g/mol. The highest BCUT2D eigenvalue weighted by Crippen LogP contribution is 2.49. The molecule has 0 atom stereocenters. The molecule has 0 unspecified atom stereocenters. The molecule has 1 heterocycles. The number of nitrogens with one attached hydrogen (secondary N) is 1. The molecule has 2 aromatic carbocycles. The van der Waals surface area contributed by atoms with Crippen molar-refractivity contribution in [3.63, 3.8) is 0 Å². The van der Waals surface area contributed by atoms with Gasteiger partial charge < -0.3 is 9.88 Å². The van der Waals surface area contributed by atoms with E-state index in [-0.39, 0.29) is 5.91 Å². The van der Waals surface area contributed by atoms with E-state index in [9.17, 15) is 4.79 Å². The van der Waals surface area contributed by atoms with E-state index in [0.717, 1.165) is 34.1 Å². The average Bonchev–Trinajstić information content (AvgIpc) is 3.36. The zero-order chi connectivity index (χ0) is 18.1. The Morgan fingerprint density at radius 1 is 1.15 bits per heavy atom. The van der Waals surface area contributed by atoms with Gasteiger partial charge >= 0.3 is 0 Å². The Bertz CT molecular complexity index is 933. The second-order valence-electron chi connectivity index (χ2n) is 6.39. The quantitative estimate of drug-likeness (QED) is 0.712. The van der Waals surface area contributed by atoms with E-state index in [2.05, 4.69) is 15.5 Å². The molecule has 7 heteroatoms. The van der Waals surface area contributed by atoms with Gasteiger partial charge in [0.25, 0.3) is 0 Å². The molecule has 0 spiro atoms. The number of carbonyl (C=O) groups excluding carboxylic acids is 1. The lowest BCUT2D eigenvalue weighted by molar-refractivity contribution is -0.118. The summed E-state index contributed by atoms with van der Waals surface area (Å²) in [7, 11) is 1.91. The van der Waals surface area contributed by atoms with E-state index in [1.54, 1.807) is 6.33 Å². The number of rotatable bonds is 5. The molecule has 132 valence electrons. The van der Waals surface area contributed by atoms with Crippen LogP contribution in [0.5, 0.6) is 0 Å². The summed E-state index contributed by atoms with van der Waals surface area (Å²) in [6.07, 6.45) is 3.39. The number of aromatic nitrogens is 3. The minimum absolute atomic E-state index is 0.0357. The first-order valence-corrected chi connectivity index (χ1v) is 9.46. The van der Waals surface area contributed by atoms with Crippen LogP contribution in [0.2, 0.25) is 5.02 Å². The fourth-order valence-electron chi connectivity index (χ4n) is 2.87. The molecule has 0 radical (unpaired) electrons. The number of benzene rings is 2. The van der Waals surface area contributed by atoms with Gasteiger partial charge in [-0.25, -0.2) is 0 Å². The van der Waals surface area contributed by atoms with Crippen molar-refractivity contribution in [2.75, 3.05) is 5.32 Å². The minimum Gasteiger partial charge on any atom is -0.325 e. The zero-order valence-electron chi connectivity index (χ0n) is 14.1. The lowest BCUT2D eigenvalue weighted by atomic mass is 9.95. The van der Waals surface area contributed by atoms with Crippen LogP contribution in [-0.4, -0.2) is 20.7 Å². The van der Waals surface area contributed by atoms with Gasteiger partial charge in [-0.15, -0.1) is 10.2 Å². The summed E-state index contributed by atoms with van der Waals surface area (Å²) in [5.41, 5.74) is 1.39. The van der Waals surface area contributed by atoms with Gasteiger partial charge in [-0.05, 0) is 66.6 Å². The number of amides is 1. The van der Waals surface area contributed by atoms with Crippen LogP contribution in [0.1, 0.15) is 18.4 Å². The molecule has 0 bridgehead atoms. The first-order valence-electron chi connectivity index (χ1n) is 8.26. The van der Waals surface area contributed by atoms with E-state index in [1.807, 2.05) is 60.1 Å². The van der Waals surface area contributed by atoms with Crippen LogP contribution >= 0.6 is 23.4 Å². The Morgan fingerprint density at radius 2 is 1.85 bits per heavy atom. The van der Waals surface area contributed by atoms with Crippen molar-refractivity contribution in [1.29, 1.82) is 0 Å². The van der Waals surface area contributed by atoms with Gasteiger partial charge in [-0.1, -0.05) is 23.7 Å². The third-order valence-electron chi connectivity index (χ3n) is 4.57.